The molecule has 0 aliphatic heterocycles. The maximum absolute atomic E-state index is 12.7. The second kappa shape index (κ2) is 21.9. The fourth-order valence-electron chi connectivity index (χ4n) is 3.10. The van der Waals surface area contributed by atoms with E-state index < -0.39 is 11.9 Å². The zero-order valence-electron chi connectivity index (χ0n) is 23.7. The second-order valence-corrected chi connectivity index (χ2v) is 9.67. The number of thiazole rings is 1. The summed E-state index contributed by atoms with van der Waals surface area (Å²) < 4.78 is 37.6. The molecule has 2 rings (SSSR count). The first kappa shape index (κ1) is 34.4. The lowest BCUT2D eigenvalue weighted by Crippen LogP contribution is -2.17. The molecular formula is C28H40N2O10S. The number of anilines is 1. The highest BCUT2D eigenvalue weighted by atomic mass is 32.1. The fourth-order valence-corrected chi connectivity index (χ4v) is 3.91. The Kier molecular flexibility index (Phi) is 18.4. The van der Waals surface area contributed by atoms with Crippen molar-refractivity contribution in [1.29, 1.82) is 0 Å². The summed E-state index contributed by atoms with van der Waals surface area (Å²) in [5, 5.41) is 3.24. The van der Waals surface area contributed by atoms with Crippen molar-refractivity contribution in [1.82, 2.24) is 4.98 Å². The van der Waals surface area contributed by atoms with Crippen LogP contribution in [0, 0.1) is 13.8 Å². The number of carbonyl (C=O) groups is 3. The highest BCUT2D eigenvalue weighted by Gasteiger charge is 2.17. The Labute approximate surface area is 244 Å². The average molecular weight is 597 g/mol. The lowest BCUT2D eigenvalue weighted by Gasteiger charge is -2.10. The number of amides is 1. The number of hydrogen-bond donors (Lipinski definition) is 1. The van der Waals surface area contributed by atoms with Crippen LogP contribution in [0.2, 0.25) is 0 Å². The Morgan fingerprint density at radius 3 is 1.80 bits per heavy atom. The summed E-state index contributed by atoms with van der Waals surface area (Å²) >= 11 is 1.38. The molecule has 228 valence electrons. The number of aryl methyl sites for hydroxylation is 2. The zero-order chi connectivity index (χ0) is 29.5. The van der Waals surface area contributed by atoms with Crippen molar-refractivity contribution in [3.8, 4) is 5.75 Å². The van der Waals surface area contributed by atoms with Gasteiger partial charge in [-0.15, -0.1) is 11.3 Å². The van der Waals surface area contributed by atoms with E-state index in [1.54, 1.807) is 24.3 Å². The van der Waals surface area contributed by atoms with Gasteiger partial charge in [-0.05, 0) is 26.0 Å². The van der Waals surface area contributed by atoms with Crippen LogP contribution >= 0.6 is 11.3 Å². The first-order chi connectivity index (χ1) is 20.0. The molecule has 0 unspecified atom stereocenters. The lowest BCUT2D eigenvalue weighted by atomic mass is 10.2. The van der Waals surface area contributed by atoms with Gasteiger partial charge in [-0.1, -0.05) is 12.1 Å². The maximum atomic E-state index is 12.7. The minimum Gasteiger partial charge on any atom is -0.426 e. The zero-order valence-corrected chi connectivity index (χ0v) is 24.5. The molecule has 1 amide bonds. The quantitative estimate of drug-likeness (QED) is 0.0827. The average Bonchev–Trinajstić information content (AvgIpc) is 3.28. The van der Waals surface area contributed by atoms with E-state index in [9.17, 15) is 14.4 Å². The van der Waals surface area contributed by atoms with E-state index in [1.165, 1.54) is 11.3 Å². The summed E-state index contributed by atoms with van der Waals surface area (Å²) in [4.78, 5) is 40.4. The predicted octanol–water partition coefficient (Wildman–Crippen LogP) is 3.00. The number of aldehydes is 1. The Balaban J connectivity index is 1.43. The molecule has 12 nitrogen and oxygen atoms in total. The molecule has 0 radical (unpaired) electrons. The van der Waals surface area contributed by atoms with Crippen molar-refractivity contribution in [2.75, 3.05) is 84.6 Å². The minimum absolute atomic E-state index is 0.0319. The first-order valence-electron chi connectivity index (χ1n) is 13.5. The summed E-state index contributed by atoms with van der Waals surface area (Å²) in [5.74, 6) is -0.728. The summed E-state index contributed by atoms with van der Waals surface area (Å²) in [6, 6.07) is 6.55. The molecular weight excluding hydrogens is 556 g/mol. The van der Waals surface area contributed by atoms with E-state index in [4.69, 9.17) is 33.2 Å². The fraction of sp³-hybridized carbons (Fsp3) is 0.571. The van der Waals surface area contributed by atoms with Crippen LogP contribution in [-0.4, -0.2) is 102 Å². The summed E-state index contributed by atoms with van der Waals surface area (Å²) in [6.45, 7) is 8.69. The SMILES string of the molecule is Cc1nc(NC(=O)c2ccccc2OC(=O)CCOCCOCCOCCOCCOCCOCCC=O)sc1C. The third-order valence-corrected chi connectivity index (χ3v) is 6.28. The smallest absolute Gasteiger partial charge is 0.313 e. The molecule has 41 heavy (non-hydrogen) atoms. The predicted molar refractivity (Wildman–Crippen MR) is 152 cm³/mol. The molecule has 1 heterocycles. The van der Waals surface area contributed by atoms with Gasteiger partial charge in [0.05, 0.1) is 97.0 Å². The van der Waals surface area contributed by atoms with Crippen LogP contribution in [0.25, 0.3) is 0 Å². The maximum Gasteiger partial charge on any atom is 0.313 e. The minimum atomic E-state index is -0.505. The Hall–Kier alpha value is -2.78. The van der Waals surface area contributed by atoms with Crippen LogP contribution in [0.4, 0.5) is 5.13 Å². The third kappa shape index (κ3) is 15.7. The molecule has 0 saturated carbocycles. The summed E-state index contributed by atoms with van der Waals surface area (Å²) in [5.41, 5.74) is 1.10. The lowest BCUT2D eigenvalue weighted by molar-refractivity contribution is -0.135. The second-order valence-electron chi connectivity index (χ2n) is 8.46. The standard InChI is InChI=1S/C28H40N2O10S/c1-22-23(2)41-28(29-22)30-27(33)24-6-3-4-7-25(24)40-26(32)8-11-35-13-15-37-17-19-39-21-20-38-18-16-36-14-12-34-10-5-9-31/h3-4,6-7,9H,5,8,10-21H2,1-2H3,(H,29,30,33). The first-order valence-corrected chi connectivity index (χ1v) is 14.3. The Morgan fingerprint density at radius 1 is 0.780 bits per heavy atom. The van der Waals surface area contributed by atoms with Gasteiger partial charge in [0.15, 0.2) is 5.13 Å². The van der Waals surface area contributed by atoms with Crippen molar-refractivity contribution in [2.45, 2.75) is 26.7 Å². The van der Waals surface area contributed by atoms with Crippen molar-refractivity contribution < 1.29 is 47.5 Å². The molecule has 0 fully saturated rings. The molecule has 13 heteroatoms. The van der Waals surface area contributed by atoms with Gasteiger partial charge in [0.1, 0.15) is 12.0 Å². The van der Waals surface area contributed by atoms with Crippen LogP contribution < -0.4 is 10.1 Å². The number of carbonyl (C=O) groups excluding carboxylic acids is 3. The van der Waals surface area contributed by atoms with Gasteiger partial charge in [0.2, 0.25) is 0 Å². The van der Waals surface area contributed by atoms with Crippen molar-refractivity contribution in [3.05, 3.63) is 40.4 Å². The van der Waals surface area contributed by atoms with Crippen molar-refractivity contribution in [2.24, 2.45) is 0 Å². The molecule has 1 aromatic carbocycles. The van der Waals surface area contributed by atoms with E-state index in [0.717, 1.165) is 16.9 Å². The number of benzene rings is 1. The number of para-hydroxylation sites is 1. The number of nitrogens with one attached hydrogen (secondary N) is 1. The normalized spacial score (nSPS) is 11.0. The van der Waals surface area contributed by atoms with E-state index >= 15 is 0 Å². The molecule has 0 saturated heterocycles. The van der Waals surface area contributed by atoms with E-state index in [2.05, 4.69) is 10.3 Å². The summed E-state index contributed by atoms with van der Waals surface area (Å²) in [6.07, 6.45) is 1.25. The van der Waals surface area contributed by atoms with Crippen LogP contribution in [-0.2, 0) is 38.0 Å². The number of ether oxygens (including phenoxy) is 7. The van der Waals surface area contributed by atoms with Gasteiger partial charge >= 0.3 is 5.97 Å². The van der Waals surface area contributed by atoms with Crippen LogP contribution in [0.1, 0.15) is 33.8 Å². The molecule has 0 spiro atoms. The van der Waals surface area contributed by atoms with E-state index in [1.807, 2.05) is 13.8 Å². The highest BCUT2D eigenvalue weighted by molar-refractivity contribution is 7.15. The Bertz CT molecular complexity index is 1010. The molecule has 0 atom stereocenters. The summed E-state index contributed by atoms with van der Waals surface area (Å²) in [7, 11) is 0. The number of nitrogens with zero attached hydrogens (tertiary/aromatic N) is 1. The van der Waals surface area contributed by atoms with Gasteiger partial charge in [-0.25, -0.2) is 4.98 Å². The molecule has 1 aromatic heterocycles. The number of esters is 1. The van der Waals surface area contributed by atoms with Gasteiger partial charge in [-0.3, -0.25) is 14.9 Å². The van der Waals surface area contributed by atoms with Crippen LogP contribution in [0.5, 0.6) is 5.75 Å². The highest BCUT2D eigenvalue weighted by Crippen LogP contribution is 2.24. The van der Waals surface area contributed by atoms with Gasteiger partial charge < -0.3 is 38.0 Å². The number of hydrogen-bond acceptors (Lipinski definition) is 12. The van der Waals surface area contributed by atoms with E-state index in [-0.39, 0.29) is 24.3 Å². The van der Waals surface area contributed by atoms with Gasteiger partial charge in [0, 0.05) is 11.3 Å². The van der Waals surface area contributed by atoms with Crippen molar-refractivity contribution >= 4 is 34.6 Å². The molecule has 0 aliphatic rings. The Morgan fingerprint density at radius 2 is 1.29 bits per heavy atom. The van der Waals surface area contributed by atoms with Crippen molar-refractivity contribution in [3.63, 3.8) is 0 Å². The van der Waals surface area contributed by atoms with E-state index in [0.29, 0.717) is 84.2 Å². The topological polar surface area (TPSA) is 141 Å². The van der Waals surface area contributed by atoms with Crippen LogP contribution in [0.15, 0.2) is 24.3 Å². The molecule has 0 aliphatic carbocycles. The number of rotatable bonds is 24. The van der Waals surface area contributed by atoms with Gasteiger partial charge in [-0.2, -0.15) is 0 Å². The molecule has 0 bridgehead atoms. The largest absolute Gasteiger partial charge is 0.426 e. The molecule has 1 N–H and O–H groups in total. The van der Waals surface area contributed by atoms with Gasteiger partial charge in [0.25, 0.3) is 5.91 Å². The number of aromatic nitrogens is 1. The van der Waals surface area contributed by atoms with Crippen LogP contribution in [0.3, 0.4) is 0 Å². The molecule has 2 aromatic rings. The third-order valence-electron chi connectivity index (χ3n) is 5.30. The monoisotopic (exact) mass is 596 g/mol.